The maximum atomic E-state index is 12.7. The van der Waals surface area contributed by atoms with Gasteiger partial charge in [-0.1, -0.05) is 12.1 Å². The van der Waals surface area contributed by atoms with E-state index in [1.165, 1.54) is 31.4 Å². The summed E-state index contributed by atoms with van der Waals surface area (Å²) in [5.41, 5.74) is -2.46. The molecule has 0 spiro atoms. The lowest BCUT2D eigenvalue weighted by atomic mass is 10.0. The fourth-order valence-electron chi connectivity index (χ4n) is 1.37. The number of hydrogen-bond acceptors (Lipinski definition) is 4. The van der Waals surface area contributed by atoms with E-state index in [-0.39, 0.29) is 18.1 Å². The summed E-state index contributed by atoms with van der Waals surface area (Å²) >= 11 is 0. The van der Waals surface area contributed by atoms with Gasteiger partial charge in [-0.15, -0.1) is 10.2 Å². The van der Waals surface area contributed by atoms with E-state index in [0.29, 0.717) is 0 Å². The van der Waals surface area contributed by atoms with Crippen molar-refractivity contribution < 1.29 is 22.6 Å². The second-order valence-electron chi connectivity index (χ2n) is 3.45. The molecule has 0 bridgehead atoms. The van der Waals surface area contributed by atoms with E-state index in [2.05, 4.69) is 15.0 Å². The van der Waals surface area contributed by atoms with Gasteiger partial charge in [0.15, 0.2) is 6.79 Å². The zero-order valence-electron chi connectivity index (χ0n) is 8.86. The first-order chi connectivity index (χ1) is 7.99. The van der Waals surface area contributed by atoms with E-state index < -0.39 is 11.8 Å². The van der Waals surface area contributed by atoms with Crippen molar-refractivity contribution in [1.29, 1.82) is 0 Å². The molecule has 0 fully saturated rings. The highest BCUT2D eigenvalue weighted by Gasteiger charge is 2.65. The smallest absolute Gasteiger partial charge is 0.442 e. The molecule has 0 radical (unpaired) electrons. The van der Waals surface area contributed by atoms with Crippen LogP contribution in [0.4, 0.5) is 13.2 Å². The Labute approximate surface area is 95.1 Å². The quantitative estimate of drug-likeness (QED) is 0.766. The molecule has 0 atom stereocenters. The van der Waals surface area contributed by atoms with Crippen molar-refractivity contribution in [1.82, 2.24) is 0 Å². The average Bonchev–Trinajstić information content (AvgIpc) is 3.07. The minimum absolute atomic E-state index is 0.0310. The minimum atomic E-state index is -4.52. The monoisotopic (exact) mass is 246 g/mol. The lowest BCUT2D eigenvalue weighted by Crippen LogP contribution is -2.30. The Morgan fingerprint density at radius 1 is 1.29 bits per heavy atom. The number of halogens is 3. The fourth-order valence-corrected chi connectivity index (χ4v) is 1.37. The van der Waals surface area contributed by atoms with Crippen LogP contribution >= 0.6 is 0 Å². The van der Waals surface area contributed by atoms with Crippen molar-refractivity contribution in [2.75, 3.05) is 13.9 Å². The number of ether oxygens (including phenoxy) is 2. The molecule has 0 N–H and O–H groups in total. The highest BCUT2D eigenvalue weighted by atomic mass is 19.4. The van der Waals surface area contributed by atoms with Crippen LogP contribution in [0.3, 0.4) is 0 Å². The van der Waals surface area contributed by atoms with Crippen molar-refractivity contribution in [3.05, 3.63) is 29.8 Å². The Kier molecular flexibility index (Phi) is 2.78. The van der Waals surface area contributed by atoms with Crippen LogP contribution in [0.1, 0.15) is 5.56 Å². The van der Waals surface area contributed by atoms with Crippen LogP contribution < -0.4 is 4.74 Å². The Balaban J connectivity index is 2.22. The van der Waals surface area contributed by atoms with Gasteiger partial charge < -0.3 is 9.47 Å². The molecule has 0 aliphatic carbocycles. The Morgan fingerprint density at radius 2 is 2.00 bits per heavy atom. The van der Waals surface area contributed by atoms with Crippen molar-refractivity contribution in [2.24, 2.45) is 10.2 Å². The lowest BCUT2D eigenvalue weighted by Gasteiger charge is -2.15. The number of methoxy groups -OCH3 is 1. The van der Waals surface area contributed by atoms with E-state index in [0.717, 1.165) is 0 Å². The first-order valence-corrected chi connectivity index (χ1v) is 4.73. The van der Waals surface area contributed by atoms with Crippen LogP contribution in [0.2, 0.25) is 0 Å². The van der Waals surface area contributed by atoms with Crippen molar-refractivity contribution in [3.8, 4) is 5.75 Å². The third-order valence-electron chi connectivity index (χ3n) is 2.28. The third kappa shape index (κ3) is 2.10. The molecule has 7 heteroatoms. The molecule has 1 aliphatic rings. The van der Waals surface area contributed by atoms with Gasteiger partial charge in [-0.25, -0.2) is 0 Å². The number of rotatable bonds is 4. The van der Waals surface area contributed by atoms with Crippen molar-refractivity contribution >= 4 is 0 Å². The van der Waals surface area contributed by atoms with Crippen LogP contribution in [-0.4, -0.2) is 20.1 Å². The van der Waals surface area contributed by atoms with Gasteiger partial charge >= 0.3 is 11.8 Å². The second-order valence-corrected chi connectivity index (χ2v) is 3.45. The Bertz CT molecular complexity index is 439. The summed E-state index contributed by atoms with van der Waals surface area (Å²) in [4.78, 5) is 0. The molecule has 1 aliphatic heterocycles. The maximum Gasteiger partial charge on any atom is 0.442 e. The summed E-state index contributed by atoms with van der Waals surface area (Å²) in [5.74, 6) is 0.283. The molecule has 0 aromatic heterocycles. The molecule has 2 rings (SSSR count). The predicted molar refractivity (Wildman–Crippen MR) is 51.5 cm³/mol. The summed E-state index contributed by atoms with van der Waals surface area (Å²) < 4.78 is 47.9. The molecule has 0 amide bonds. The summed E-state index contributed by atoms with van der Waals surface area (Å²) in [6.07, 6.45) is -4.52. The zero-order valence-corrected chi connectivity index (χ0v) is 8.86. The number of nitrogens with zero attached hydrogens (tertiary/aromatic N) is 2. The molecule has 17 heavy (non-hydrogen) atoms. The van der Waals surface area contributed by atoms with Crippen LogP contribution in [-0.2, 0) is 10.4 Å². The van der Waals surface area contributed by atoms with Crippen molar-refractivity contribution in [2.45, 2.75) is 11.8 Å². The summed E-state index contributed by atoms with van der Waals surface area (Å²) in [6.45, 7) is -0.0310. The summed E-state index contributed by atoms with van der Waals surface area (Å²) in [5, 5.41) is 6.22. The second kappa shape index (κ2) is 3.99. The van der Waals surface area contributed by atoms with Crippen LogP contribution in [0.25, 0.3) is 0 Å². The van der Waals surface area contributed by atoms with Gasteiger partial charge in [-0.3, -0.25) is 0 Å². The topological polar surface area (TPSA) is 43.2 Å². The largest absolute Gasteiger partial charge is 0.468 e. The van der Waals surface area contributed by atoms with Crippen LogP contribution in [0.15, 0.2) is 34.5 Å². The number of benzene rings is 1. The van der Waals surface area contributed by atoms with Crippen LogP contribution in [0.5, 0.6) is 5.75 Å². The third-order valence-corrected chi connectivity index (χ3v) is 2.28. The Morgan fingerprint density at radius 3 is 2.53 bits per heavy atom. The lowest BCUT2D eigenvalue weighted by molar-refractivity contribution is -0.166. The molecule has 0 saturated heterocycles. The Hall–Kier alpha value is -1.63. The maximum absolute atomic E-state index is 12.7. The van der Waals surface area contributed by atoms with E-state index >= 15 is 0 Å². The molecule has 4 nitrogen and oxygen atoms in total. The number of hydrogen-bond donors (Lipinski definition) is 0. The predicted octanol–water partition coefficient (Wildman–Crippen LogP) is 2.85. The zero-order chi connectivity index (χ0) is 12.5. The van der Waals surface area contributed by atoms with E-state index in [4.69, 9.17) is 4.74 Å². The molecular weight excluding hydrogens is 237 g/mol. The van der Waals surface area contributed by atoms with E-state index in [1.807, 2.05) is 0 Å². The van der Waals surface area contributed by atoms with Gasteiger partial charge in [0.1, 0.15) is 5.75 Å². The van der Waals surface area contributed by atoms with E-state index in [1.54, 1.807) is 0 Å². The van der Waals surface area contributed by atoms with E-state index in [9.17, 15) is 13.2 Å². The van der Waals surface area contributed by atoms with Crippen molar-refractivity contribution in [3.63, 3.8) is 0 Å². The standard InChI is InChI=1S/C10H9F3N2O2/c1-16-6-17-8-4-2-3-7(5-8)9(14-15-9)10(11,12)13/h2-5H,6H2,1H3. The molecule has 1 heterocycles. The van der Waals surface area contributed by atoms with Gasteiger partial charge in [0.25, 0.3) is 0 Å². The molecule has 92 valence electrons. The molecular formula is C10H9F3N2O2. The fraction of sp³-hybridized carbons (Fsp3) is 0.400. The highest BCUT2D eigenvalue weighted by Crippen LogP contribution is 2.52. The first-order valence-electron chi connectivity index (χ1n) is 4.73. The molecule has 1 aromatic rings. The normalized spacial score (nSPS) is 16.9. The number of alkyl halides is 3. The van der Waals surface area contributed by atoms with Gasteiger partial charge in [-0.2, -0.15) is 13.2 Å². The van der Waals surface area contributed by atoms with Gasteiger partial charge in [-0.05, 0) is 12.1 Å². The van der Waals surface area contributed by atoms with Crippen LogP contribution in [0, 0.1) is 0 Å². The summed E-state index contributed by atoms with van der Waals surface area (Å²) in [6, 6.07) is 5.56. The van der Waals surface area contributed by atoms with Gasteiger partial charge in [0.05, 0.1) is 0 Å². The summed E-state index contributed by atoms with van der Waals surface area (Å²) in [7, 11) is 1.42. The van der Waals surface area contributed by atoms with Gasteiger partial charge in [0.2, 0.25) is 0 Å². The SMILES string of the molecule is COCOc1cccc(C2(C(F)(F)F)N=N2)c1. The highest BCUT2D eigenvalue weighted by molar-refractivity contribution is 5.36. The minimum Gasteiger partial charge on any atom is -0.468 e. The first kappa shape index (κ1) is 11.8. The molecule has 1 aromatic carbocycles. The molecule has 0 unspecified atom stereocenters. The average molecular weight is 246 g/mol. The molecule has 0 saturated carbocycles. The van der Waals surface area contributed by atoms with Gasteiger partial charge in [0, 0.05) is 12.7 Å².